The summed E-state index contributed by atoms with van der Waals surface area (Å²) in [6.45, 7) is 8.50. The predicted molar refractivity (Wildman–Crippen MR) is 138 cm³/mol. The molecule has 1 aliphatic rings. The molecule has 0 bridgehead atoms. The topological polar surface area (TPSA) is 79.1 Å². The first-order valence-corrected chi connectivity index (χ1v) is 13.1. The summed E-state index contributed by atoms with van der Waals surface area (Å²) in [4.78, 5) is 32.8. The van der Waals surface area contributed by atoms with Crippen LogP contribution in [0.25, 0.3) is 6.08 Å². The standard InChI is InChI=1S/C26H28N2O5S2/c1-6-32-18-10-9-17(12-19(18)31-5)13-21-24(29)28-23(20-8-7-11-34-20)22(16(4)27-26(28)35-21)25(30)33-14-15(2)3/h7-13,15,23H,6,14H2,1-5H3/b21-13+. The van der Waals surface area contributed by atoms with Crippen LogP contribution in [0.4, 0.5) is 0 Å². The summed E-state index contributed by atoms with van der Waals surface area (Å²) in [7, 11) is 1.58. The molecule has 0 spiro atoms. The number of allylic oxidation sites excluding steroid dienone is 1. The van der Waals surface area contributed by atoms with E-state index in [1.165, 1.54) is 22.7 Å². The van der Waals surface area contributed by atoms with Crippen LogP contribution in [0.5, 0.6) is 11.5 Å². The lowest BCUT2D eigenvalue weighted by Crippen LogP contribution is -2.39. The third-order valence-electron chi connectivity index (χ3n) is 5.39. The first-order chi connectivity index (χ1) is 16.8. The number of rotatable bonds is 8. The van der Waals surface area contributed by atoms with E-state index in [2.05, 4.69) is 4.99 Å². The summed E-state index contributed by atoms with van der Waals surface area (Å²) in [6, 6.07) is 8.80. The van der Waals surface area contributed by atoms with E-state index in [-0.39, 0.29) is 11.5 Å². The van der Waals surface area contributed by atoms with Gasteiger partial charge in [0.1, 0.15) is 6.04 Å². The van der Waals surface area contributed by atoms with Crippen LogP contribution in [0, 0.1) is 5.92 Å². The molecule has 2 aromatic heterocycles. The largest absolute Gasteiger partial charge is 0.493 e. The zero-order valence-electron chi connectivity index (χ0n) is 20.4. The number of hydrogen-bond acceptors (Lipinski definition) is 8. The molecule has 0 radical (unpaired) electrons. The van der Waals surface area contributed by atoms with Crippen LogP contribution in [0.3, 0.4) is 0 Å². The fourth-order valence-electron chi connectivity index (χ4n) is 3.82. The van der Waals surface area contributed by atoms with Gasteiger partial charge in [0, 0.05) is 4.88 Å². The molecule has 4 rings (SSSR count). The van der Waals surface area contributed by atoms with Gasteiger partial charge in [0.25, 0.3) is 5.56 Å². The van der Waals surface area contributed by atoms with E-state index < -0.39 is 12.0 Å². The minimum absolute atomic E-state index is 0.201. The third kappa shape index (κ3) is 5.11. The number of hydrogen-bond donors (Lipinski definition) is 0. The number of aromatic nitrogens is 1. The van der Waals surface area contributed by atoms with E-state index in [0.717, 1.165) is 10.4 Å². The average Bonchev–Trinajstić information content (AvgIpc) is 3.46. The maximum atomic E-state index is 13.6. The summed E-state index contributed by atoms with van der Waals surface area (Å²) in [5.74, 6) is 0.999. The maximum absolute atomic E-state index is 13.6. The second-order valence-electron chi connectivity index (χ2n) is 8.43. The van der Waals surface area contributed by atoms with Gasteiger partial charge in [-0.05, 0) is 55.0 Å². The van der Waals surface area contributed by atoms with E-state index in [9.17, 15) is 9.59 Å². The van der Waals surface area contributed by atoms with Gasteiger partial charge in [0.15, 0.2) is 16.3 Å². The van der Waals surface area contributed by atoms with Crippen molar-refractivity contribution in [3.8, 4) is 11.5 Å². The number of carbonyl (C=O) groups is 1. The Morgan fingerprint density at radius 1 is 1.26 bits per heavy atom. The Labute approximate surface area is 211 Å². The second kappa shape index (κ2) is 10.6. The molecular formula is C26H28N2O5S2. The molecule has 0 fully saturated rings. The van der Waals surface area contributed by atoms with E-state index >= 15 is 0 Å². The van der Waals surface area contributed by atoms with Crippen molar-refractivity contribution in [2.45, 2.75) is 33.7 Å². The van der Waals surface area contributed by atoms with Crippen molar-refractivity contribution in [2.75, 3.05) is 20.3 Å². The summed E-state index contributed by atoms with van der Waals surface area (Å²) >= 11 is 2.79. The van der Waals surface area contributed by atoms with Crippen molar-refractivity contribution in [1.82, 2.24) is 4.57 Å². The van der Waals surface area contributed by atoms with Crippen LogP contribution in [-0.2, 0) is 9.53 Å². The smallest absolute Gasteiger partial charge is 0.338 e. The SMILES string of the molecule is CCOc1ccc(/C=c2/sc3n(c2=O)C(c2cccs2)C(C(=O)OCC(C)C)=C(C)N=3)cc1OC. The predicted octanol–water partition coefficient (Wildman–Crippen LogP) is 3.90. The molecule has 1 atom stereocenters. The Morgan fingerprint density at radius 3 is 2.71 bits per heavy atom. The fraction of sp³-hybridized carbons (Fsp3) is 0.346. The zero-order valence-corrected chi connectivity index (χ0v) is 22.0. The van der Waals surface area contributed by atoms with Crippen molar-refractivity contribution < 1.29 is 19.0 Å². The molecule has 0 saturated heterocycles. The van der Waals surface area contributed by atoms with Crippen molar-refractivity contribution in [1.29, 1.82) is 0 Å². The Kier molecular flexibility index (Phi) is 7.57. The lowest BCUT2D eigenvalue weighted by atomic mass is 10.0. The zero-order chi connectivity index (χ0) is 25.1. The minimum atomic E-state index is -0.581. The lowest BCUT2D eigenvalue weighted by Gasteiger charge is -2.23. The number of carbonyl (C=O) groups excluding carboxylic acids is 1. The number of methoxy groups -OCH3 is 1. The molecule has 3 aromatic rings. The number of thiophene rings is 1. The van der Waals surface area contributed by atoms with Crippen LogP contribution in [0.1, 0.15) is 44.2 Å². The lowest BCUT2D eigenvalue weighted by molar-refractivity contribution is -0.140. The maximum Gasteiger partial charge on any atom is 0.338 e. The Morgan fingerprint density at radius 2 is 2.06 bits per heavy atom. The number of nitrogens with zero attached hydrogens (tertiary/aromatic N) is 2. The van der Waals surface area contributed by atoms with Crippen molar-refractivity contribution in [3.63, 3.8) is 0 Å². The molecule has 184 valence electrons. The number of thiazole rings is 1. The van der Waals surface area contributed by atoms with Gasteiger partial charge in [-0.25, -0.2) is 9.79 Å². The average molecular weight is 513 g/mol. The highest BCUT2D eigenvalue weighted by Crippen LogP contribution is 2.33. The first kappa shape index (κ1) is 24.9. The molecule has 0 saturated carbocycles. The van der Waals surface area contributed by atoms with Crippen LogP contribution < -0.4 is 24.4 Å². The highest BCUT2D eigenvalue weighted by Gasteiger charge is 2.34. The highest BCUT2D eigenvalue weighted by molar-refractivity contribution is 7.10. The van der Waals surface area contributed by atoms with Gasteiger partial charge in [0.05, 0.1) is 36.1 Å². The van der Waals surface area contributed by atoms with Crippen LogP contribution in [-0.4, -0.2) is 30.9 Å². The van der Waals surface area contributed by atoms with E-state index in [0.29, 0.717) is 45.3 Å². The third-order valence-corrected chi connectivity index (χ3v) is 7.29. The van der Waals surface area contributed by atoms with Gasteiger partial charge in [-0.15, -0.1) is 11.3 Å². The number of benzene rings is 1. The molecule has 0 N–H and O–H groups in total. The first-order valence-electron chi connectivity index (χ1n) is 11.4. The molecule has 35 heavy (non-hydrogen) atoms. The van der Waals surface area contributed by atoms with Crippen LogP contribution in [0.2, 0.25) is 0 Å². The fourth-order valence-corrected chi connectivity index (χ4v) is 5.69. The molecule has 7 nitrogen and oxygen atoms in total. The van der Waals surface area contributed by atoms with Gasteiger partial charge in [0.2, 0.25) is 0 Å². The number of fused-ring (bicyclic) bond motifs is 1. The number of ether oxygens (including phenoxy) is 3. The molecule has 1 aliphatic heterocycles. The van der Waals surface area contributed by atoms with Gasteiger partial charge >= 0.3 is 5.97 Å². The molecule has 9 heteroatoms. The second-order valence-corrected chi connectivity index (χ2v) is 10.4. The summed E-state index contributed by atoms with van der Waals surface area (Å²) in [6.07, 6.45) is 1.81. The summed E-state index contributed by atoms with van der Waals surface area (Å²) < 4.78 is 18.7. The quantitative estimate of drug-likeness (QED) is 0.428. The van der Waals surface area contributed by atoms with E-state index in [1.807, 2.05) is 62.6 Å². The molecule has 0 amide bonds. The Hall–Kier alpha value is -3.17. The van der Waals surface area contributed by atoms with Gasteiger partial charge < -0.3 is 14.2 Å². The molecule has 3 heterocycles. The normalized spacial score (nSPS) is 15.7. The molecule has 0 aliphatic carbocycles. The van der Waals surface area contributed by atoms with Crippen molar-refractivity contribution >= 4 is 34.7 Å². The van der Waals surface area contributed by atoms with Gasteiger partial charge in [-0.2, -0.15) is 0 Å². The van der Waals surface area contributed by atoms with Crippen molar-refractivity contribution in [3.05, 3.63) is 77.1 Å². The van der Waals surface area contributed by atoms with Crippen LogP contribution >= 0.6 is 22.7 Å². The van der Waals surface area contributed by atoms with Gasteiger partial charge in [-0.3, -0.25) is 9.36 Å². The van der Waals surface area contributed by atoms with Crippen LogP contribution in [0.15, 0.2) is 56.8 Å². The van der Waals surface area contributed by atoms with E-state index in [4.69, 9.17) is 14.2 Å². The summed E-state index contributed by atoms with van der Waals surface area (Å²) in [5.41, 5.74) is 1.56. The number of esters is 1. The Balaban J connectivity index is 1.83. The Bertz CT molecular complexity index is 1430. The highest BCUT2D eigenvalue weighted by atomic mass is 32.1. The molecule has 1 aromatic carbocycles. The molecular weight excluding hydrogens is 484 g/mol. The monoisotopic (exact) mass is 512 g/mol. The van der Waals surface area contributed by atoms with Crippen molar-refractivity contribution in [2.24, 2.45) is 10.9 Å². The van der Waals surface area contributed by atoms with E-state index in [1.54, 1.807) is 18.6 Å². The minimum Gasteiger partial charge on any atom is -0.493 e. The van der Waals surface area contributed by atoms with Gasteiger partial charge in [-0.1, -0.05) is 37.3 Å². The summed E-state index contributed by atoms with van der Waals surface area (Å²) in [5, 5.41) is 1.93. The molecule has 1 unspecified atom stereocenters.